The van der Waals surface area contributed by atoms with E-state index in [1.54, 1.807) is 11.8 Å². The van der Waals surface area contributed by atoms with Gasteiger partial charge >= 0.3 is 0 Å². The summed E-state index contributed by atoms with van der Waals surface area (Å²) in [4.78, 5) is 22.8. The van der Waals surface area contributed by atoms with Gasteiger partial charge in [0.05, 0.1) is 5.92 Å². The maximum absolute atomic E-state index is 11.9. The van der Waals surface area contributed by atoms with Crippen LogP contribution in [0, 0.1) is 12.8 Å². The molecule has 102 valence electrons. The highest BCUT2D eigenvalue weighted by atomic mass is 32.2. The van der Waals surface area contributed by atoms with Crippen molar-refractivity contribution >= 4 is 23.5 Å². The van der Waals surface area contributed by atoms with Gasteiger partial charge in [0.2, 0.25) is 5.91 Å². The lowest BCUT2D eigenvalue weighted by Crippen LogP contribution is -2.54. The number of rotatable bonds is 4. The van der Waals surface area contributed by atoms with Gasteiger partial charge in [0.1, 0.15) is 5.82 Å². The predicted molar refractivity (Wildman–Crippen MR) is 75.4 cm³/mol. The van der Waals surface area contributed by atoms with E-state index in [-0.39, 0.29) is 11.8 Å². The Kier molecular flexibility index (Phi) is 3.35. The van der Waals surface area contributed by atoms with Crippen LogP contribution in [0.4, 0.5) is 5.82 Å². The lowest BCUT2D eigenvalue weighted by Gasteiger charge is -2.39. The first-order chi connectivity index (χ1) is 9.15. The smallest absolute Gasteiger partial charge is 0.226 e. The molecule has 1 aliphatic carbocycles. The summed E-state index contributed by atoms with van der Waals surface area (Å²) in [6.45, 7) is 3.51. The molecule has 0 unspecified atom stereocenters. The number of aromatic nitrogens is 2. The molecule has 1 saturated carbocycles. The molecule has 1 aromatic heterocycles. The van der Waals surface area contributed by atoms with Crippen molar-refractivity contribution in [3.05, 3.63) is 11.8 Å². The highest BCUT2D eigenvalue weighted by Crippen LogP contribution is 2.26. The van der Waals surface area contributed by atoms with Crippen LogP contribution in [-0.2, 0) is 4.79 Å². The first kappa shape index (κ1) is 12.7. The summed E-state index contributed by atoms with van der Waals surface area (Å²) >= 11 is 1.54. The lowest BCUT2D eigenvalue weighted by molar-refractivity contribution is -0.125. The van der Waals surface area contributed by atoms with Gasteiger partial charge in [-0.2, -0.15) is 0 Å². The zero-order valence-corrected chi connectivity index (χ0v) is 12.0. The third-order valence-electron chi connectivity index (χ3n) is 3.50. The van der Waals surface area contributed by atoms with Gasteiger partial charge in [-0.15, -0.1) is 0 Å². The average Bonchev–Trinajstić information content (AvgIpc) is 3.10. The van der Waals surface area contributed by atoms with Crippen LogP contribution in [0.1, 0.15) is 18.5 Å². The van der Waals surface area contributed by atoms with Crippen LogP contribution < -0.4 is 10.2 Å². The van der Waals surface area contributed by atoms with Crippen molar-refractivity contribution in [2.24, 2.45) is 5.92 Å². The Balaban J connectivity index is 1.60. The molecule has 6 heteroatoms. The Bertz CT molecular complexity index is 497. The minimum atomic E-state index is 0.119. The Hall–Kier alpha value is -1.30. The highest BCUT2D eigenvalue weighted by molar-refractivity contribution is 7.98. The number of hydrogen-bond acceptors (Lipinski definition) is 5. The number of amides is 1. The van der Waals surface area contributed by atoms with Gasteiger partial charge in [-0.25, -0.2) is 9.97 Å². The minimum Gasteiger partial charge on any atom is -0.355 e. The molecule has 1 saturated heterocycles. The Morgan fingerprint density at radius 1 is 1.42 bits per heavy atom. The van der Waals surface area contributed by atoms with E-state index in [4.69, 9.17) is 0 Å². The van der Waals surface area contributed by atoms with Crippen LogP contribution >= 0.6 is 11.8 Å². The molecule has 5 nitrogen and oxygen atoms in total. The summed E-state index contributed by atoms with van der Waals surface area (Å²) in [7, 11) is 0. The molecule has 1 aliphatic heterocycles. The van der Waals surface area contributed by atoms with Crippen molar-refractivity contribution in [2.75, 3.05) is 24.2 Å². The number of aryl methyl sites for hydroxylation is 1. The zero-order chi connectivity index (χ0) is 13.4. The van der Waals surface area contributed by atoms with Crippen LogP contribution in [-0.4, -0.2) is 41.3 Å². The topological polar surface area (TPSA) is 58.1 Å². The van der Waals surface area contributed by atoms with Crippen LogP contribution in [0.3, 0.4) is 0 Å². The normalized spacial score (nSPS) is 19.2. The number of nitrogens with one attached hydrogen (secondary N) is 1. The SMILES string of the molecule is CSc1nc(C)cc(N2CC(C(=O)NC3CC3)C2)n1. The third kappa shape index (κ3) is 2.83. The van der Waals surface area contributed by atoms with E-state index in [9.17, 15) is 4.79 Å². The van der Waals surface area contributed by atoms with E-state index < -0.39 is 0 Å². The molecule has 3 rings (SSSR count). The summed E-state index contributed by atoms with van der Waals surface area (Å²) in [5, 5.41) is 3.85. The molecule has 0 atom stereocenters. The quantitative estimate of drug-likeness (QED) is 0.663. The average molecular weight is 278 g/mol. The first-order valence-corrected chi connectivity index (χ1v) is 7.83. The number of thioether (sulfide) groups is 1. The van der Waals surface area contributed by atoms with Crippen molar-refractivity contribution in [3.63, 3.8) is 0 Å². The van der Waals surface area contributed by atoms with Crippen LogP contribution in [0.15, 0.2) is 11.2 Å². The lowest BCUT2D eigenvalue weighted by atomic mass is 9.99. The molecule has 1 aromatic rings. The Morgan fingerprint density at radius 3 is 2.79 bits per heavy atom. The molecular weight excluding hydrogens is 260 g/mol. The maximum Gasteiger partial charge on any atom is 0.226 e. The molecule has 0 spiro atoms. The van der Waals surface area contributed by atoms with E-state index in [1.165, 1.54) is 0 Å². The fourth-order valence-corrected chi connectivity index (χ4v) is 2.58. The van der Waals surface area contributed by atoms with Gasteiger partial charge in [-0.05, 0) is 26.0 Å². The monoisotopic (exact) mass is 278 g/mol. The minimum absolute atomic E-state index is 0.119. The molecule has 0 bridgehead atoms. The Morgan fingerprint density at radius 2 is 2.16 bits per heavy atom. The second kappa shape index (κ2) is 5.00. The second-order valence-corrected chi connectivity index (χ2v) is 6.01. The summed E-state index contributed by atoms with van der Waals surface area (Å²) in [6, 6.07) is 2.43. The zero-order valence-electron chi connectivity index (χ0n) is 11.2. The maximum atomic E-state index is 11.9. The fourth-order valence-electron chi connectivity index (χ4n) is 2.16. The van der Waals surface area contributed by atoms with Crippen molar-refractivity contribution in [3.8, 4) is 0 Å². The van der Waals surface area contributed by atoms with E-state index in [2.05, 4.69) is 20.2 Å². The molecule has 1 N–H and O–H groups in total. The number of hydrogen-bond donors (Lipinski definition) is 1. The molecule has 0 radical (unpaired) electrons. The van der Waals surface area contributed by atoms with Crippen LogP contribution in [0.25, 0.3) is 0 Å². The van der Waals surface area contributed by atoms with E-state index in [0.717, 1.165) is 42.6 Å². The van der Waals surface area contributed by atoms with Gasteiger partial charge in [-0.1, -0.05) is 11.8 Å². The predicted octanol–water partition coefficient (Wildman–Crippen LogP) is 1.22. The standard InChI is InChI=1S/C13H18N4OS/c1-8-5-11(16-13(14-8)19-2)17-6-9(7-17)12(18)15-10-3-4-10/h5,9-10H,3-4,6-7H2,1-2H3,(H,15,18). The van der Waals surface area contributed by atoms with Gasteiger partial charge < -0.3 is 10.2 Å². The number of carbonyl (C=O) groups is 1. The summed E-state index contributed by atoms with van der Waals surface area (Å²) in [5.41, 5.74) is 0.972. The molecule has 2 aliphatic rings. The molecule has 1 amide bonds. The molecular formula is C13H18N4OS. The van der Waals surface area contributed by atoms with Crippen molar-refractivity contribution in [1.29, 1.82) is 0 Å². The molecule has 19 heavy (non-hydrogen) atoms. The molecule has 2 fully saturated rings. The van der Waals surface area contributed by atoms with Crippen molar-refractivity contribution in [2.45, 2.75) is 31.0 Å². The van der Waals surface area contributed by atoms with E-state index in [0.29, 0.717) is 6.04 Å². The molecule has 0 aromatic carbocycles. The summed E-state index contributed by atoms with van der Waals surface area (Å²) < 4.78 is 0. The van der Waals surface area contributed by atoms with Gasteiger partial charge in [0, 0.05) is 30.9 Å². The first-order valence-electron chi connectivity index (χ1n) is 6.60. The Labute approximate surface area is 117 Å². The largest absolute Gasteiger partial charge is 0.355 e. The number of carbonyl (C=O) groups excluding carboxylic acids is 1. The van der Waals surface area contributed by atoms with E-state index >= 15 is 0 Å². The van der Waals surface area contributed by atoms with Crippen LogP contribution in [0.2, 0.25) is 0 Å². The molecule has 2 heterocycles. The second-order valence-electron chi connectivity index (χ2n) is 5.24. The van der Waals surface area contributed by atoms with Crippen LogP contribution in [0.5, 0.6) is 0 Å². The fraction of sp³-hybridized carbons (Fsp3) is 0.615. The van der Waals surface area contributed by atoms with Gasteiger partial charge in [0.15, 0.2) is 5.16 Å². The highest BCUT2D eigenvalue weighted by Gasteiger charge is 2.36. The van der Waals surface area contributed by atoms with Crippen molar-refractivity contribution < 1.29 is 4.79 Å². The van der Waals surface area contributed by atoms with Crippen molar-refractivity contribution in [1.82, 2.24) is 15.3 Å². The van der Waals surface area contributed by atoms with Gasteiger partial charge in [0.25, 0.3) is 0 Å². The summed E-state index contributed by atoms with van der Waals surface area (Å²) in [6.07, 6.45) is 4.26. The van der Waals surface area contributed by atoms with Gasteiger partial charge in [-0.3, -0.25) is 4.79 Å². The number of anilines is 1. The van der Waals surface area contributed by atoms with E-state index in [1.807, 2.05) is 19.2 Å². The summed E-state index contributed by atoms with van der Waals surface area (Å²) in [5.74, 6) is 1.26. The number of nitrogens with zero attached hydrogens (tertiary/aromatic N) is 3. The third-order valence-corrected chi connectivity index (χ3v) is 4.05.